The predicted octanol–water partition coefficient (Wildman–Crippen LogP) is 2.64. The summed E-state index contributed by atoms with van der Waals surface area (Å²) in [5.41, 5.74) is 0. The molecule has 0 fully saturated rings. The molecule has 62 valence electrons. The lowest BCUT2D eigenvalue weighted by Gasteiger charge is -1.87. The zero-order valence-electron chi connectivity index (χ0n) is 7.40. The molecule has 12 heavy (non-hydrogen) atoms. The van der Waals surface area contributed by atoms with Crippen LogP contribution in [-0.2, 0) is 0 Å². The summed E-state index contributed by atoms with van der Waals surface area (Å²) in [6.45, 7) is 2.32. The molecule has 0 saturated heterocycles. The van der Waals surface area contributed by atoms with Crippen molar-refractivity contribution < 1.29 is 0 Å². The molecule has 0 amide bonds. The Labute approximate surface area is 75.0 Å². The summed E-state index contributed by atoms with van der Waals surface area (Å²) < 4.78 is 0. The van der Waals surface area contributed by atoms with Crippen LogP contribution in [0.25, 0.3) is 0 Å². The van der Waals surface area contributed by atoms with Gasteiger partial charge in [0.2, 0.25) is 0 Å². The van der Waals surface area contributed by atoms with Crippen LogP contribution in [0.15, 0.2) is 30.3 Å². The quantitative estimate of drug-likeness (QED) is 0.578. The summed E-state index contributed by atoms with van der Waals surface area (Å²) in [7, 11) is 0.0954. The van der Waals surface area contributed by atoms with Crippen LogP contribution < -0.4 is 5.30 Å². The van der Waals surface area contributed by atoms with E-state index >= 15 is 0 Å². The molecule has 1 heteroatoms. The summed E-state index contributed by atoms with van der Waals surface area (Å²) in [4.78, 5) is 0. The highest BCUT2D eigenvalue weighted by Gasteiger charge is 2.22. The molecule has 2 unspecified atom stereocenters. The highest BCUT2D eigenvalue weighted by atomic mass is 31.1. The molecule has 0 aromatic heterocycles. The minimum Gasteiger partial charge on any atom is -0.0619 e. The average Bonchev–Trinajstić information content (AvgIpc) is 2.54. The van der Waals surface area contributed by atoms with Gasteiger partial charge in [-0.05, 0) is 18.6 Å². The van der Waals surface area contributed by atoms with E-state index in [0.29, 0.717) is 0 Å². The van der Waals surface area contributed by atoms with E-state index in [0.717, 1.165) is 5.92 Å². The highest BCUT2D eigenvalue weighted by Crippen LogP contribution is 2.31. The molecular weight excluding hydrogens is 163 g/mol. The first-order valence-electron chi connectivity index (χ1n) is 4.53. The van der Waals surface area contributed by atoms with Crippen molar-refractivity contribution in [3.8, 4) is 0 Å². The third-order valence-electron chi connectivity index (χ3n) is 2.35. The van der Waals surface area contributed by atoms with Crippen LogP contribution in [0.3, 0.4) is 0 Å². The van der Waals surface area contributed by atoms with Gasteiger partial charge in [0, 0.05) is 5.92 Å². The first-order chi connectivity index (χ1) is 5.86. The molecule has 0 aliphatic carbocycles. The van der Waals surface area contributed by atoms with Crippen molar-refractivity contribution in [2.45, 2.75) is 13.3 Å². The maximum Gasteiger partial charge on any atom is 0.148 e. The van der Waals surface area contributed by atoms with Crippen molar-refractivity contribution in [2.24, 2.45) is 5.92 Å². The second-order valence-corrected chi connectivity index (χ2v) is 5.65. The first-order valence-corrected chi connectivity index (χ1v) is 6.12. The minimum atomic E-state index is 0.0954. The van der Waals surface area contributed by atoms with Crippen LogP contribution in [-0.4, -0.2) is 12.0 Å². The Morgan fingerprint density at radius 2 is 2.00 bits per heavy atom. The monoisotopic (exact) mass is 177 g/mol. The Balaban J connectivity index is 2.27. The SMILES string of the molecule is CC1C=[P+](c2ccccc2)CC1. The fourth-order valence-corrected chi connectivity index (χ4v) is 4.22. The van der Waals surface area contributed by atoms with Crippen LogP contribution in [0.4, 0.5) is 0 Å². The molecule has 1 aliphatic rings. The van der Waals surface area contributed by atoms with E-state index in [9.17, 15) is 0 Å². The van der Waals surface area contributed by atoms with Gasteiger partial charge in [-0.15, -0.1) is 0 Å². The van der Waals surface area contributed by atoms with Gasteiger partial charge < -0.3 is 0 Å². The van der Waals surface area contributed by atoms with Crippen LogP contribution in [0.5, 0.6) is 0 Å². The van der Waals surface area contributed by atoms with Crippen LogP contribution in [0.1, 0.15) is 13.3 Å². The van der Waals surface area contributed by atoms with Crippen LogP contribution in [0, 0.1) is 5.92 Å². The Bertz CT molecular complexity index is 287. The van der Waals surface area contributed by atoms with Gasteiger partial charge in [-0.25, -0.2) is 0 Å². The standard InChI is InChI=1S/C11H14P/c1-10-7-8-12(9-10)11-5-3-2-4-6-11/h2-6,9-10H,7-8H2,1H3/q+1. The summed E-state index contributed by atoms with van der Waals surface area (Å²) in [6.07, 6.45) is 2.79. The van der Waals surface area contributed by atoms with E-state index in [1.165, 1.54) is 12.6 Å². The number of hydrogen-bond acceptors (Lipinski definition) is 0. The Kier molecular flexibility index (Phi) is 2.28. The molecule has 0 nitrogen and oxygen atoms in total. The van der Waals surface area contributed by atoms with E-state index in [1.54, 1.807) is 5.30 Å². The number of benzene rings is 1. The van der Waals surface area contributed by atoms with Crippen molar-refractivity contribution in [1.82, 2.24) is 0 Å². The second kappa shape index (κ2) is 3.41. The maximum absolute atomic E-state index is 2.55. The highest BCUT2D eigenvalue weighted by molar-refractivity contribution is 7.65. The number of rotatable bonds is 1. The lowest BCUT2D eigenvalue weighted by Crippen LogP contribution is -1.94. The van der Waals surface area contributed by atoms with Crippen molar-refractivity contribution in [3.05, 3.63) is 30.3 Å². The van der Waals surface area contributed by atoms with Gasteiger partial charge in [-0.1, -0.05) is 25.1 Å². The zero-order valence-corrected chi connectivity index (χ0v) is 8.30. The molecular formula is C11H14P+. The molecule has 2 atom stereocenters. The van der Waals surface area contributed by atoms with Crippen LogP contribution >= 0.6 is 7.55 Å². The average molecular weight is 177 g/mol. The van der Waals surface area contributed by atoms with Gasteiger partial charge in [-0.3, -0.25) is 0 Å². The van der Waals surface area contributed by atoms with Crippen LogP contribution in [0.2, 0.25) is 0 Å². The molecule has 2 rings (SSSR count). The third-order valence-corrected chi connectivity index (χ3v) is 4.92. The van der Waals surface area contributed by atoms with Gasteiger partial charge >= 0.3 is 0 Å². The molecule has 1 aromatic rings. The Morgan fingerprint density at radius 3 is 2.58 bits per heavy atom. The van der Waals surface area contributed by atoms with Gasteiger partial charge in [0.05, 0.1) is 5.80 Å². The summed E-state index contributed by atoms with van der Waals surface area (Å²) >= 11 is 0. The molecule has 0 bridgehead atoms. The summed E-state index contributed by atoms with van der Waals surface area (Å²) in [5.74, 6) is 3.39. The Morgan fingerprint density at radius 1 is 1.25 bits per heavy atom. The lowest BCUT2D eigenvalue weighted by molar-refractivity contribution is 0.781. The Hall–Kier alpha value is -0.610. The lowest BCUT2D eigenvalue weighted by atomic mass is 10.2. The largest absolute Gasteiger partial charge is 0.148 e. The van der Waals surface area contributed by atoms with Gasteiger partial charge in [0.25, 0.3) is 0 Å². The predicted molar refractivity (Wildman–Crippen MR) is 57.7 cm³/mol. The third kappa shape index (κ3) is 1.59. The fourth-order valence-electron chi connectivity index (χ4n) is 1.63. The second-order valence-electron chi connectivity index (χ2n) is 3.44. The number of hydrogen-bond donors (Lipinski definition) is 0. The molecule has 1 heterocycles. The van der Waals surface area contributed by atoms with Crippen molar-refractivity contribution in [1.29, 1.82) is 0 Å². The minimum absolute atomic E-state index is 0.0954. The zero-order chi connectivity index (χ0) is 8.39. The van der Waals surface area contributed by atoms with E-state index < -0.39 is 0 Å². The molecule has 0 spiro atoms. The molecule has 0 radical (unpaired) electrons. The van der Waals surface area contributed by atoms with E-state index in [4.69, 9.17) is 0 Å². The van der Waals surface area contributed by atoms with E-state index in [2.05, 4.69) is 43.1 Å². The van der Waals surface area contributed by atoms with Gasteiger partial charge in [0.15, 0.2) is 0 Å². The topological polar surface area (TPSA) is 0 Å². The molecule has 1 aliphatic heterocycles. The summed E-state index contributed by atoms with van der Waals surface area (Å²) in [5, 5.41) is 1.55. The fraction of sp³-hybridized carbons (Fsp3) is 0.364. The first kappa shape index (κ1) is 8.01. The summed E-state index contributed by atoms with van der Waals surface area (Å²) in [6, 6.07) is 10.9. The van der Waals surface area contributed by atoms with Crippen molar-refractivity contribution in [2.75, 3.05) is 6.16 Å². The van der Waals surface area contributed by atoms with Gasteiger partial charge in [-0.2, -0.15) is 0 Å². The van der Waals surface area contributed by atoms with Gasteiger partial charge in [0.1, 0.15) is 19.0 Å². The molecule has 1 aromatic carbocycles. The van der Waals surface area contributed by atoms with Crippen molar-refractivity contribution in [3.63, 3.8) is 0 Å². The molecule has 0 saturated carbocycles. The normalized spacial score (nSPS) is 25.4. The van der Waals surface area contributed by atoms with E-state index in [1.807, 2.05) is 0 Å². The van der Waals surface area contributed by atoms with Crippen molar-refractivity contribution >= 4 is 18.6 Å². The van der Waals surface area contributed by atoms with E-state index in [-0.39, 0.29) is 7.55 Å². The smallest absolute Gasteiger partial charge is 0.0619 e. The molecule has 0 N–H and O–H groups in total. The maximum atomic E-state index is 2.55.